The molecule has 0 aliphatic heterocycles. The Morgan fingerprint density at radius 2 is 2.38 bits per heavy atom. The van der Waals surface area contributed by atoms with E-state index in [4.69, 9.17) is 11.6 Å². The van der Waals surface area contributed by atoms with Crippen molar-refractivity contribution >= 4 is 11.6 Å². The molecule has 0 radical (unpaired) electrons. The van der Waals surface area contributed by atoms with Crippen molar-refractivity contribution in [3.63, 3.8) is 0 Å². The normalized spacial score (nSPS) is 10.4. The molecule has 3 nitrogen and oxygen atoms in total. The van der Waals surface area contributed by atoms with Gasteiger partial charge in [-0.2, -0.15) is 0 Å². The van der Waals surface area contributed by atoms with Crippen LogP contribution in [0.4, 0.5) is 4.39 Å². The zero-order valence-corrected chi connectivity index (χ0v) is 8.01. The average Bonchev–Trinajstić information content (AvgIpc) is 2.02. The molecule has 0 saturated heterocycles. The van der Waals surface area contributed by atoms with E-state index in [1.165, 1.54) is 10.6 Å². The van der Waals surface area contributed by atoms with Crippen molar-refractivity contribution in [2.45, 2.75) is 19.9 Å². The standard InChI is InChI=1S/C8H10ClFN2O/c1-6-11-7(9)5-8(13)12(6)4-2-3-10/h5H,2-4H2,1H3. The van der Waals surface area contributed by atoms with Gasteiger partial charge in [0.25, 0.3) is 5.56 Å². The van der Waals surface area contributed by atoms with Crippen molar-refractivity contribution in [1.82, 2.24) is 9.55 Å². The lowest BCUT2D eigenvalue weighted by atomic mass is 10.4. The molecular formula is C8H10ClFN2O. The summed E-state index contributed by atoms with van der Waals surface area (Å²) in [5, 5.41) is 0.180. The van der Waals surface area contributed by atoms with E-state index in [-0.39, 0.29) is 10.7 Å². The van der Waals surface area contributed by atoms with Crippen LogP contribution in [0.25, 0.3) is 0 Å². The third kappa shape index (κ3) is 2.52. The van der Waals surface area contributed by atoms with Crippen molar-refractivity contribution in [1.29, 1.82) is 0 Å². The van der Waals surface area contributed by atoms with Gasteiger partial charge in [0.1, 0.15) is 11.0 Å². The molecule has 0 N–H and O–H groups in total. The van der Waals surface area contributed by atoms with E-state index in [1.54, 1.807) is 6.92 Å². The molecule has 0 spiro atoms. The lowest BCUT2D eigenvalue weighted by Gasteiger charge is -2.06. The quantitative estimate of drug-likeness (QED) is 0.701. The van der Waals surface area contributed by atoms with Crippen molar-refractivity contribution in [2.75, 3.05) is 6.67 Å². The van der Waals surface area contributed by atoms with Gasteiger partial charge in [-0.3, -0.25) is 13.8 Å². The van der Waals surface area contributed by atoms with Crippen LogP contribution in [0.2, 0.25) is 5.15 Å². The maximum absolute atomic E-state index is 11.9. The highest BCUT2D eigenvalue weighted by Crippen LogP contribution is 2.01. The fourth-order valence-corrected chi connectivity index (χ4v) is 1.29. The van der Waals surface area contributed by atoms with Gasteiger partial charge < -0.3 is 0 Å². The summed E-state index contributed by atoms with van der Waals surface area (Å²) in [6, 6.07) is 1.23. The first-order chi connectivity index (χ1) is 6.15. The fourth-order valence-electron chi connectivity index (χ4n) is 1.08. The smallest absolute Gasteiger partial charge is 0.254 e. The van der Waals surface area contributed by atoms with Crippen LogP contribution < -0.4 is 5.56 Å². The Bertz CT molecular complexity index is 350. The highest BCUT2D eigenvalue weighted by molar-refractivity contribution is 6.29. The molecule has 1 aromatic heterocycles. The van der Waals surface area contributed by atoms with Gasteiger partial charge in [-0.05, 0) is 13.3 Å². The van der Waals surface area contributed by atoms with Gasteiger partial charge in [-0.25, -0.2) is 4.98 Å². The van der Waals surface area contributed by atoms with Crippen molar-refractivity contribution in [3.8, 4) is 0 Å². The van der Waals surface area contributed by atoms with Crippen LogP contribution in [0, 0.1) is 6.92 Å². The third-order valence-corrected chi connectivity index (χ3v) is 1.88. The predicted octanol–water partition coefficient (Wildman–Crippen LogP) is 1.56. The van der Waals surface area contributed by atoms with E-state index in [9.17, 15) is 9.18 Å². The van der Waals surface area contributed by atoms with Crippen LogP contribution in [0.1, 0.15) is 12.2 Å². The van der Waals surface area contributed by atoms with E-state index in [0.29, 0.717) is 18.8 Å². The van der Waals surface area contributed by atoms with E-state index in [2.05, 4.69) is 4.98 Å². The Morgan fingerprint density at radius 1 is 1.69 bits per heavy atom. The summed E-state index contributed by atoms with van der Waals surface area (Å²) in [5.41, 5.74) is -0.231. The first kappa shape index (κ1) is 10.2. The van der Waals surface area contributed by atoms with E-state index >= 15 is 0 Å². The number of hydrogen-bond donors (Lipinski definition) is 0. The second-order valence-corrected chi connectivity index (χ2v) is 3.05. The van der Waals surface area contributed by atoms with Gasteiger partial charge in [-0.1, -0.05) is 11.6 Å². The number of nitrogens with zero attached hydrogens (tertiary/aromatic N) is 2. The number of aromatic nitrogens is 2. The molecular weight excluding hydrogens is 195 g/mol. The molecule has 13 heavy (non-hydrogen) atoms. The number of rotatable bonds is 3. The summed E-state index contributed by atoms with van der Waals surface area (Å²) >= 11 is 5.56. The van der Waals surface area contributed by atoms with E-state index in [1.807, 2.05) is 0 Å². The van der Waals surface area contributed by atoms with Crippen LogP contribution >= 0.6 is 11.6 Å². The Kier molecular flexibility index (Phi) is 3.42. The molecule has 0 aliphatic carbocycles. The van der Waals surface area contributed by atoms with Crippen molar-refractivity contribution in [3.05, 3.63) is 27.4 Å². The molecule has 1 aromatic rings. The van der Waals surface area contributed by atoms with Gasteiger partial charge in [-0.15, -0.1) is 0 Å². The van der Waals surface area contributed by atoms with Crippen LogP contribution in [0.5, 0.6) is 0 Å². The van der Waals surface area contributed by atoms with Gasteiger partial charge in [0.15, 0.2) is 0 Å². The summed E-state index contributed by atoms with van der Waals surface area (Å²) < 4.78 is 13.3. The highest BCUT2D eigenvalue weighted by atomic mass is 35.5. The molecule has 1 heterocycles. The SMILES string of the molecule is Cc1nc(Cl)cc(=O)n1CCCF. The minimum absolute atomic E-state index is 0.180. The Labute approximate surface area is 80.2 Å². The zero-order chi connectivity index (χ0) is 9.84. The maximum Gasteiger partial charge on any atom is 0.254 e. The maximum atomic E-state index is 11.9. The summed E-state index contributed by atoms with van der Waals surface area (Å²) in [6.07, 6.45) is 0.323. The minimum Gasteiger partial charge on any atom is -0.297 e. The number of aryl methyl sites for hydroxylation is 1. The molecule has 1 rings (SSSR count). The second-order valence-electron chi connectivity index (χ2n) is 2.66. The summed E-state index contributed by atoms with van der Waals surface area (Å²) in [6.45, 7) is 1.59. The summed E-state index contributed by atoms with van der Waals surface area (Å²) in [7, 11) is 0. The summed E-state index contributed by atoms with van der Waals surface area (Å²) in [4.78, 5) is 15.2. The molecule has 0 saturated carbocycles. The fraction of sp³-hybridized carbons (Fsp3) is 0.500. The molecule has 72 valence electrons. The topological polar surface area (TPSA) is 34.9 Å². The van der Waals surface area contributed by atoms with E-state index in [0.717, 1.165) is 0 Å². The lowest BCUT2D eigenvalue weighted by Crippen LogP contribution is -2.23. The zero-order valence-electron chi connectivity index (χ0n) is 7.26. The van der Waals surface area contributed by atoms with Gasteiger partial charge >= 0.3 is 0 Å². The van der Waals surface area contributed by atoms with E-state index < -0.39 is 6.67 Å². The highest BCUT2D eigenvalue weighted by Gasteiger charge is 2.02. The van der Waals surface area contributed by atoms with Crippen LogP contribution in [-0.2, 0) is 6.54 Å². The molecule has 0 amide bonds. The second kappa shape index (κ2) is 4.37. The molecule has 0 bridgehead atoms. The molecule has 0 fully saturated rings. The van der Waals surface area contributed by atoms with Gasteiger partial charge in [0.2, 0.25) is 0 Å². The Balaban J connectivity index is 2.99. The minimum atomic E-state index is -0.436. The molecule has 0 aromatic carbocycles. The van der Waals surface area contributed by atoms with Crippen LogP contribution in [0.15, 0.2) is 10.9 Å². The molecule has 0 atom stereocenters. The Hall–Kier alpha value is -0.900. The first-order valence-electron chi connectivity index (χ1n) is 3.95. The molecule has 0 aliphatic rings. The number of hydrogen-bond acceptors (Lipinski definition) is 2. The molecule has 0 unspecified atom stereocenters. The van der Waals surface area contributed by atoms with Crippen molar-refractivity contribution < 1.29 is 4.39 Å². The monoisotopic (exact) mass is 204 g/mol. The number of halogens is 2. The number of alkyl halides is 1. The largest absolute Gasteiger partial charge is 0.297 e. The lowest BCUT2D eigenvalue weighted by molar-refractivity contribution is 0.439. The first-order valence-corrected chi connectivity index (χ1v) is 4.33. The van der Waals surface area contributed by atoms with Crippen LogP contribution in [0.3, 0.4) is 0 Å². The predicted molar refractivity (Wildman–Crippen MR) is 48.8 cm³/mol. The Morgan fingerprint density at radius 3 is 2.92 bits per heavy atom. The third-order valence-electron chi connectivity index (χ3n) is 1.68. The van der Waals surface area contributed by atoms with Crippen LogP contribution in [-0.4, -0.2) is 16.2 Å². The van der Waals surface area contributed by atoms with Gasteiger partial charge in [0, 0.05) is 12.6 Å². The van der Waals surface area contributed by atoms with Crippen molar-refractivity contribution in [2.24, 2.45) is 0 Å². The average molecular weight is 205 g/mol. The summed E-state index contributed by atoms with van der Waals surface area (Å²) in [5.74, 6) is 0.519. The molecule has 5 heteroatoms. The van der Waals surface area contributed by atoms with Gasteiger partial charge in [0.05, 0.1) is 6.67 Å².